The summed E-state index contributed by atoms with van der Waals surface area (Å²) < 4.78 is 0. The van der Waals surface area contributed by atoms with Gasteiger partial charge in [0.25, 0.3) is 0 Å². The van der Waals surface area contributed by atoms with Crippen LogP contribution in [0.15, 0.2) is 54.1 Å². The first-order valence-corrected chi connectivity index (χ1v) is 5.30. The minimum absolute atomic E-state index is 0.124. The van der Waals surface area contributed by atoms with Gasteiger partial charge in [0.05, 0.1) is 0 Å². The van der Waals surface area contributed by atoms with Crippen LogP contribution in [0, 0.1) is 22.7 Å². The van der Waals surface area contributed by atoms with Crippen LogP contribution in [-0.2, 0) is 0 Å². The minimum Gasteiger partial charge on any atom is -0.192 e. The maximum absolute atomic E-state index is 8.66. The number of benzene rings is 1. The molecule has 80 valence electrons. The molecule has 0 fully saturated rings. The lowest BCUT2D eigenvalue weighted by Gasteiger charge is -2.05. The van der Waals surface area contributed by atoms with E-state index in [-0.39, 0.29) is 5.57 Å². The fourth-order valence-corrected chi connectivity index (χ4v) is 1.72. The molecule has 0 bridgehead atoms. The van der Waals surface area contributed by atoms with Crippen molar-refractivity contribution in [2.24, 2.45) is 0 Å². The second kappa shape index (κ2) is 4.96. The highest BCUT2D eigenvalue weighted by Gasteiger charge is 2.06. The summed E-state index contributed by atoms with van der Waals surface area (Å²) in [6, 6.07) is 11.6. The van der Waals surface area contributed by atoms with Gasteiger partial charge in [0, 0.05) is 5.92 Å². The summed E-state index contributed by atoms with van der Waals surface area (Å²) in [4.78, 5) is 0. The molecule has 1 aliphatic carbocycles. The lowest BCUT2D eigenvalue weighted by atomic mass is 9.99. The zero-order valence-electron chi connectivity index (χ0n) is 9.17. The first kappa shape index (κ1) is 10.9. The maximum atomic E-state index is 8.66. The zero-order chi connectivity index (χ0) is 12.1. The molecule has 0 radical (unpaired) electrons. The second-order valence-corrected chi connectivity index (χ2v) is 3.74. The average molecular weight is 218 g/mol. The molecule has 2 rings (SSSR count). The van der Waals surface area contributed by atoms with E-state index in [2.05, 4.69) is 12.2 Å². The number of nitrogens with zero attached hydrogens (tertiary/aromatic N) is 2. The highest BCUT2D eigenvalue weighted by molar-refractivity contribution is 5.62. The van der Waals surface area contributed by atoms with Gasteiger partial charge in [-0.05, 0) is 17.2 Å². The third kappa shape index (κ3) is 2.51. The Balaban J connectivity index is 2.22. The van der Waals surface area contributed by atoms with Crippen LogP contribution in [0.4, 0.5) is 0 Å². The van der Waals surface area contributed by atoms with E-state index in [0.717, 1.165) is 5.56 Å². The van der Waals surface area contributed by atoms with Crippen molar-refractivity contribution in [3.05, 3.63) is 65.3 Å². The predicted octanol–water partition coefficient (Wildman–Crippen LogP) is 3.33. The molecule has 1 aromatic rings. The molecule has 17 heavy (non-hydrogen) atoms. The van der Waals surface area contributed by atoms with Gasteiger partial charge in [0.15, 0.2) is 0 Å². The van der Waals surface area contributed by atoms with Crippen LogP contribution in [0.3, 0.4) is 0 Å². The first-order valence-electron chi connectivity index (χ1n) is 5.30. The summed E-state index contributed by atoms with van der Waals surface area (Å²) in [6.45, 7) is 0. The van der Waals surface area contributed by atoms with Crippen molar-refractivity contribution < 1.29 is 0 Å². The molecule has 0 spiro atoms. The van der Waals surface area contributed by atoms with E-state index in [1.807, 2.05) is 48.6 Å². The summed E-state index contributed by atoms with van der Waals surface area (Å²) in [7, 11) is 0. The second-order valence-electron chi connectivity index (χ2n) is 3.74. The molecule has 0 atom stereocenters. The van der Waals surface area contributed by atoms with Gasteiger partial charge in [-0.3, -0.25) is 0 Å². The Kier molecular flexibility index (Phi) is 3.19. The molecule has 0 aromatic heterocycles. The molecule has 0 unspecified atom stereocenters. The van der Waals surface area contributed by atoms with E-state index in [0.29, 0.717) is 5.92 Å². The molecular formula is C15H10N2. The topological polar surface area (TPSA) is 47.6 Å². The normalized spacial score (nSPS) is 13.1. The highest BCUT2D eigenvalue weighted by atomic mass is 14.3. The van der Waals surface area contributed by atoms with E-state index in [1.54, 1.807) is 6.08 Å². The fraction of sp³-hybridized carbons (Fsp3) is 0.0667. The molecule has 0 aliphatic heterocycles. The number of hydrogen-bond donors (Lipinski definition) is 0. The monoisotopic (exact) mass is 218 g/mol. The van der Waals surface area contributed by atoms with Crippen molar-refractivity contribution in [2.75, 3.05) is 0 Å². The number of rotatable bonds is 2. The van der Waals surface area contributed by atoms with Crippen LogP contribution in [0.5, 0.6) is 0 Å². The summed E-state index contributed by atoms with van der Waals surface area (Å²) in [5.41, 5.74) is 2.21. The van der Waals surface area contributed by atoms with Gasteiger partial charge < -0.3 is 0 Å². The molecule has 0 N–H and O–H groups in total. The molecule has 2 nitrogen and oxygen atoms in total. The Labute approximate surface area is 100 Å². The molecule has 1 aromatic carbocycles. The quantitative estimate of drug-likeness (QED) is 0.715. The summed E-state index contributed by atoms with van der Waals surface area (Å²) in [5.74, 6) is 0.347. The minimum atomic E-state index is 0.124. The summed E-state index contributed by atoms with van der Waals surface area (Å²) in [5, 5.41) is 17.3. The Morgan fingerprint density at radius 2 is 1.59 bits per heavy atom. The van der Waals surface area contributed by atoms with Crippen molar-refractivity contribution in [1.29, 1.82) is 10.5 Å². The van der Waals surface area contributed by atoms with E-state index < -0.39 is 0 Å². The lowest BCUT2D eigenvalue weighted by Crippen LogP contribution is -1.88. The third-order valence-electron chi connectivity index (χ3n) is 2.62. The van der Waals surface area contributed by atoms with Crippen molar-refractivity contribution in [2.45, 2.75) is 5.92 Å². The fourth-order valence-electron chi connectivity index (χ4n) is 1.72. The highest BCUT2D eigenvalue weighted by Crippen LogP contribution is 2.23. The number of nitriles is 2. The van der Waals surface area contributed by atoms with Crippen LogP contribution >= 0.6 is 0 Å². The van der Waals surface area contributed by atoms with Gasteiger partial charge >= 0.3 is 0 Å². The zero-order valence-corrected chi connectivity index (χ0v) is 9.17. The molecule has 0 amide bonds. The SMILES string of the molecule is N#CC(C#N)=Cc1ccc(C2C=CC=C2)cc1. The van der Waals surface area contributed by atoms with Crippen LogP contribution in [0.25, 0.3) is 6.08 Å². The Bertz CT molecular complexity index is 547. The average Bonchev–Trinajstić information content (AvgIpc) is 2.90. The summed E-state index contributed by atoms with van der Waals surface area (Å²) >= 11 is 0. The van der Waals surface area contributed by atoms with Gasteiger partial charge in [0.2, 0.25) is 0 Å². The smallest absolute Gasteiger partial charge is 0.130 e. The predicted molar refractivity (Wildman–Crippen MR) is 66.7 cm³/mol. The molecule has 0 heterocycles. The van der Waals surface area contributed by atoms with Gasteiger partial charge in [0.1, 0.15) is 17.7 Å². The van der Waals surface area contributed by atoms with Crippen LogP contribution in [0.2, 0.25) is 0 Å². The lowest BCUT2D eigenvalue weighted by molar-refractivity contribution is 1.10. The molecular weight excluding hydrogens is 208 g/mol. The van der Waals surface area contributed by atoms with Gasteiger partial charge in [-0.25, -0.2) is 0 Å². The molecule has 0 saturated heterocycles. The van der Waals surface area contributed by atoms with Gasteiger partial charge in [-0.15, -0.1) is 0 Å². The standard InChI is InChI=1S/C15H10N2/c16-10-13(11-17)9-12-5-7-15(8-6-12)14-3-1-2-4-14/h1-9,14H. The van der Waals surface area contributed by atoms with E-state index in [9.17, 15) is 0 Å². The van der Waals surface area contributed by atoms with Crippen LogP contribution in [-0.4, -0.2) is 0 Å². The third-order valence-corrected chi connectivity index (χ3v) is 2.62. The number of allylic oxidation sites excluding steroid dienone is 5. The Hall–Kier alpha value is -2.58. The first-order chi connectivity index (χ1) is 8.33. The molecule has 2 heteroatoms. The summed E-state index contributed by atoms with van der Waals surface area (Å²) in [6.07, 6.45) is 9.90. The van der Waals surface area contributed by atoms with Gasteiger partial charge in [-0.1, -0.05) is 48.6 Å². The van der Waals surface area contributed by atoms with Crippen molar-refractivity contribution in [1.82, 2.24) is 0 Å². The van der Waals surface area contributed by atoms with Crippen LogP contribution < -0.4 is 0 Å². The molecule has 1 aliphatic rings. The van der Waals surface area contributed by atoms with Gasteiger partial charge in [-0.2, -0.15) is 10.5 Å². The Morgan fingerprint density at radius 1 is 1.00 bits per heavy atom. The van der Waals surface area contributed by atoms with Crippen LogP contribution in [0.1, 0.15) is 17.0 Å². The Morgan fingerprint density at radius 3 is 2.12 bits per heavy atom. The number of hydrogen-bond acceptors (Lipinski definition) is 2. The van der Waals surface area contributed by atoms with E-state index in [4.69, 9.17) is 10.5 Å². The van der Waals surface area contributed by atoms with Crippen molar-refractivity contribution in [3.8, 4) is 12.1 Å². The van der Waals surface area contributed by atoms with Crippen molar-refractivity contribution >= 4 is 6.08 Å². The van der Waals surface area contributed by atoms with E-state index >= 15 is 0 Å². The molecule has 0 saturated carbocycles. The maximum Gasteiger partial charge on any atom is 0.130 e. The van der Waals surface area contributed by atoms with E-state index in [1.165, 1.54) is 5.56 Å². The largest absolute Gasteiger partial charge is 0.192 e. The van der Waals surface area contributed by atoms with Crippen molar-refractivity contribution in [3.63, 3.8) is 0 Å².